The zero-order chi connectivity index (χ0) is 24.0. The zero-order valence-electron chi connectivity index (χ0n) is 18.2. The van der Waals surface area contributed by atoms with E-state index < -0.39 is 27.9 Å². The fourth-order valence-electron chi connectivity index (χ4n) is 3.65. The van der Waals surface area contributed by atoms with E-state index in [0.717, 1.165) is 25.7 Å². The van der Waals surface area contributed by atoms with Crippen molar-refractivity contribution in [2.24, 2.45) is 11.7 Å². The Hall–Kier alpha value is -3.17. The minimum absolute atomic E-state index is 0.0000433. The van der Waals surface area contributed by atoms with Crippen LogP contribution in [0.4, 0.5) is 0 Å². The second kappa shape index (κ2) is 10.6. The van der Waals surface area contributed by atoms with Gasteiger partial charge in [-0.25, -0.2) is 8.42 Å². The molecule has 178 valence electrons. The average molecular weight is 476 g/mol. The van der Waals surface area contributed by atoms with Gasteiger partial charge in [-0.05, 0) is 55.9 Å². The summed E-state index contributed by atoms with van der Waals surface area (Å²) in [6, 6.07) is 5.94. The summed E-state index contributed by atoms with van der Waals surface area (Å²) >= 11 is 0. The van der Waals surface area contributed by atoms with E-state index in [9.17, 15) is 18.0 Å². The summed E-state index contributed by atoms with van der Waals surface area (Å²) in [7, 11) is -4.09. The molecule has 1 aromatic rings. The van der Waals surface area contributed by atoms with Crippen LogP contribution in [-0.2, 0) is 19.6 Å². The number of piperidine rings is 1. The van der Waals surface area contributed by atoms with Crippen LogP contribution >= 0.6 is 0 Å². The standard InChI is InChI=1S/C21H29N7O4S/c22-11-14-3-7-17(8-4-14)33(31,32)27-18(20(30)26-16-5-6-16)10-19(29)25-12-15-2-1-9-28(13-15)21(23)24/h3-4,7-8,15-16,18,27H,1-2,5-6,9-10,12-13H2,(H3,23,24)(H,25,29)(H,26,30)/t15?,18-/m0/s1. The molecule has 1 unspecified atom stereocenters. The summed E-state index contributed by atoms with van der Waals surface area (Å²) < 4.78 is 27.9. The van der Waals surface area contributed by atoms with E-state index in [-0.39, 0.29) is 29.2 Å². The van der Waals surface area contributed by atoms with Gasteiger partial charge in [-0.2, -0.15) is 9.98 Å². The van der Waals surface area contributed by atoms with E-state index in [1.54, 1.807) is 4.90 Å². The van der Waals surface area contributed by atoms with Gasteiger partial charge in [0.25, 0.3) is 0 Å². The van der Waals surface area contributed by atoms with Crippen molar-refractivity contribution < 1.29 is 18.0 Å². The van der Waals surface area contributed by atoms with Gasteiger partial charge in [0.1, 0.15) is 6.04 Å². The SMILES string of the molecule is N#Cc1ccc(S(=O)(=O)N[C@@H](CC(=O)NCC2CCCN(C(=N)N)C2)C(=O)NC2CC2)cc1. The van der Waals surface area contributed by atoms with Crippen molar-refractivity contribution in [1.82, 2.24) is 20.3 Å². The number of hydrogen-bond acceptors (Lipinski definition) is 6. The van der Waals surface area contributed by atoms with Crippen LogP contribution in [0.3, 0.4) is 0 Å². The molecular formula is C21H29N7O4S. The van der Waals surface area contributed by atoms with Crippen molar-refractivity contribution in [1.29, 1.82) is 10.7 Å². The Labute approximate surface area is 193 Å². The lowest BCUT2D eigenvalue weighted by atomic mass is 9.98. The van der Waals surface area contributed by atoms with Crippen LogP contribution in [0.25, 0.3) is 0 Å². The van der Waals surface area contributed by atoms with Crippen LogP contribution in [-0.4, -0.2) is 62.8 Å². The lowest BCUT2D eigenvalue weighted by Crippen LogP contribution is -2.50. The lowest BCUT2D eigenvalue weighted by molar-refractivity contribution is -0.128. The quantitative estimate of drug-likeness (QED) is 0.238. The van der Waals surface area contributed by atoms with Gasteiger partial charge < -0.3 is 21.3 Å². The summed E-state index contributed by atoms with van der Waals surface area (Å²) in [4.78, 5) is 26.9. The number of nitriles is 1. The van der Waals surface area contributed by atoms with E-state index in [0.29, 0.717) is 25.2 Å². The molecule has 0 bridgehead atoms. The molecule has 2 fully saturated rings. The van der Waals surface area contributed by atoms with Crippen molar-refractivity contribution in [3.05, 3.63) is 29.8 Å². The van der Waals surface area contributed by atoms with Crippen molar-refractivity contribution in [2.75, 3.05) is 19.6 Å². The maximum absolute atomic E-state index is 12.8. The monoisotopic (exact) mass is 475 g/mol. The van der Waals surface area contributed by atoms with Crippen LogP contribution in [0.1, 0.15) is 37.7 Å². The van der Waals surface area contributed by atoms with Crippen LogP contribution < -0.4 is 21.1 Å². The highest BCUT2D eigenvalue weighted by molar-refractivity contribution is 7.89. The molecule has 33 heavy (non-hydrogen) atoms. The number of nitrogens with zero attached hydrogens (tertiary/aromatic N) is 2. The van der Waals surface area contributed by atoms with E-state index in [2.05, 4.69) is 15.4 Å². The molecule has 1 aliphatic heterocycles. The van der Waals surface area contributed by atoms with Crippen molar-refractivity contribution in [2.45, 2.75) is 49.1 Å². The number of guanidine groups is 1. The largest absolute Gasteiger partial charge is 0.370 e. The number of benzene rings is 1. The van der Waals surface area contributed by atoms with E-state index in [4.69, 9.17) is 16.4 Å². The fourth-order valence-corrected chi connectivity index (χ4v) is 4.84. The molecule has 1 aromatic carbocycles. The summed E-state index contributed by atoms with van der Waals surface area (Å²) in [5, 5.41) is 22.0. The molecule has 2 atom stereocenters. The minimum atomic E-state index is -4.09. The van der Waals surface area contributed by atoms with Crippen molar-refractivity contribution in [3.8, 4) is 6.07 Å². The third-order valence-corrected chi connectivity index (χ3v) is 7.16. The summed E-state index contributed by atoms with van der Waals surface area (Å²) in [6.45, 7) is 1.62. The molecule has 2 amide bonds. The Kier molecular flexibility index (Phi) is 7.88. The Morgan fingerprint density at radius 3 is 2.55 bits per heavy atom. The molecule has 0 spiro atoms. The highest BCUT2D eigenvalue weighted by Crippen LogP contribution is 2.19. The first-order valence-electron chi connectivity index (χ1n) is 10.9. The molecular weight excluding hydrogens is 446 g/mol. The first kappa shape index (κ1) is 24.5. The lowest BCUT2D eigenvalue weighted by Gasteiger charge is -2.33. The number of sulfonamides is 1. The number of amides is 2. The zero-order valence-corrected chi connectivity index (χ0v) is 19.0. The average Bonchev–Trinajstić information content (AvgIpc) is 3.61. The van der Waals surface area contributed by atoms with Crippen molar-refractivity contribution in [3.63, 3.8) is 0 Å². The summed E-state index contributed by atoms with van der Waals surface area (Å²) in [5.74, 6) is -0.889. The molecule has 0 radical (unpaired) electrons. The normalized spacial score (nSPS) is 19.2. The van der Waals surface area contributed by atoms with Gasteiger partial charge in [0.15, 0.2) is 5.96 Å². The van der Waals surface area contributed by atoms with Gasteiger partial charge in [-0.15, -0.1) is 0 Å². The molecule has 2 aliphatic rings. The van der Waals surface area contributed by atoms with E-state index in [1.807, 2.05) is 6.07 Å². The third kappa shape index (κ3) is 7.16. The van der Waals surface area contributed by atoms with Gasteiger partial charge in [0.2, 0.25) is 21.8 Å². The highest BCUT2D eigenvalue weighted by atomic mass is 32.2. The number of nitrogens with one attached hydrogen (secondary N) is 4. The fraction of sp³-hybridized carbons (Fsp3) is 0.524. The topological polar surface area (TPSA) is 181 Å². The molecule has 1 aliphatic carbocycles. The molecule has 0 aromatic heterocycles. The van der Waals surface area contributed by atoms with Crippen LogP contribution in [0, 0.1) is 22.7 Å². The Bertz CT molecular complexity index is 1030. The number of carbonyl (C=O) groups excluding carboxylic acids is 2. The first-order chi connectivity index (χ1) is 15.7. The van der Waals surface area contributed by atoms with Gasteiger partial charge >= 0.3 is 0 Å². The van der Waals surface area contributed by atoms with Gasteiger partial charge in [-0.1, -0.05) is 0 Å². The Morgan fingerprint density at radius 1 is 1.24 bits per heavy atom. The van der Waals surface area contributed by atoms with Crippen LogP contribution in [0.15, 0.2) is 29.2 Å². The number of carbonyl (C=O) groups is 2. The maximum Gasteiger partial charge on any atom is 0.241 e. The molecule has 3 rings (SSSR count). The molecule has 12 heteroatoms. The Balaban J connectivity index is 1.62. The smallest absolute Gasteiger partial charge is 0.241 e. The number of nitrogens with two attached hydrogens (primary N) is 1. The number of rotatable bonds is 9. The second-order valence-electron chi connectivity index (χ2n) is 8.44. The third-order valence-electron chi connectivity index (χ3n) is 5.67. The maximum atomic E-state index is 12.8. The van der Waals surface area contributed by atoms with Gasteiger partial charge in [-0.3, -0.25) is 15.0 Å². The van der Waals surface area contributed by atoms with E-state index in [1.165, 1.54) is 24.3 Å². The summed E-state index contributed by atoms with van der Waals surface area (Å²) in [5.41, 5.74) is 5.86. The highest BCUT2D eigenvalue weighted by Gasteiger charge is 2.32. The number of likely N-dealkylation sites (tertiary alicyclic amines) is 1. The van der Waals surface area contributed by atoms with Crippen LogP contribution in [0.2, 0.25) is 0 Å². The second-order valence-corrected chi connectivity index (χ2v) is 10.2. The van der Waals surface area contributed by atoms with E-state index >= 15 is 0 Å². The molecule has 1 heterocycles. The molecule has 6 N–H and O–H groups in total. The van der Waals surface area contributed by atoms with Crippen molar-refractivity contribution >= 4 is 27.8 Å². The number of hydrogen-bond donors (Lipinski definition) is 5. The predicted octanol–water partition coefficient (Wildman–Crippen LogP) is -0.404. The minimum Gasteiger partial charge on any atom is -0.370 e. The summed E-state index contributed by atoms with van der Waals surface area (Å²) in [6.07, 6.45) is 3.03. The van der Waals surface area contributed by atoms with Gasteiger partial charge in [0, 0.05) is 25.7 Å². The van der Waals surface area contributed by atoms with Gasteiger partial charge in [0.05, 0.1) is 22.9 Å². The molecule has 1 saturated carbocycles. The Morgan fingerprint density at radius 2 is 1.94 bits per heavy atom. The molecule has 1 saturated heterocycles. The van der Waals surface area contributed by atoms with Crippen LogP contribution in [0.5, 0.6) is 0 Å². The first-order valence-corrected chi connectivity index (χ1v) is 12.3. The predicted molar refractivity (Wildman–Crippen MR) is 120 cm³/mol. The molecule has 11 nitrogen and oxygen atoms in total.